The van der Waals surface area contributed by atoms with Gasteiger partial charge in [0.1, 0.15) is 5.60 Å². The van der Waals surface area contributed by atoms with Crippen LogP contribution in [0.1, 0.15) is 50.7 Å². The summed E-state index contributed by atoms with van der Waals surface area (Å²) >= 11 is 0. The zero-order valence-electron chi connectivity index (χ0n) is 15.5. The van der Waals surface area contributed by atoms with E-state index in [1.54, 1.807) is 20.8 Å². The number of ether oxygens (including phenoxy) is 1. The third-order valence-corrected chi connectivity index (χ3v) is 3.46. The normalized spacial score (nSPS) is 10.6. The van der Waals surface area contributed by atoms with Gasteiger partial charge in [0, 0.05) is 12.3 Å². The van der Waals surface area contributed by atoms with Crippen molar-refractivity contribution in [3.8, 4) is 0 Å². The smallest absolute Gasteiger partial charge is 0.405 e. The van der Waals surface area contributed by atoms with Gasteiger partial charge in [0.15, 0.2) is 0 Å². The van der Waals surface area contributed by atoms with Crippen LogP contribution in [-0.2, 0) is 9.53 Å². The zero-order chi connectivity index (χ0) is 19.6. The van der Waals surface area contributed by atoms with E-state index >= 15 is 0 Å². The molecule has 140 valence electrons. The van der Waals surface area contributed by atoms with Gasteiger partial charge in [0.25, 0.3) is 0 Å². The molecule has 0 heterocycles. The number of hydrogen-bond donors (Lipinski definition) is 2. The Morgan fingerprint density at radius 3 is 1.65 bits per heavy atom. The standard InChI is InChI=1S/C16H16O2.C5H11NO2/c17-16(18)12-11-15(13-7-3-1-4-8-13)14-9-5-2-6-10-14;1-5(2,3)8-4(6)7/h1-10,15H,11-12H2,(H,17,18);1-3H3,(H2,6,7). The van der Waals surface area contributed by atoms with Gasteiger partial charge >= 0.3 is 12.1 Å². The summed E-state index contributed by atoms with van der Waals surface area (Å²) < 4.78 is 4.58. The second-order valence-electron chi connectivity index (χ2n) is 6.84. The van der Waals surface area contributed by atoms with Gasteiger partial charge in [-0.05, 0) is 38.3 Å². The number of carboxylic acids is 1. The van der Waals surface area contributed by atoms with E-state index in [0.717, 1.165) is 0 Å². The third kappa shape index (κ3) is 8.87. The Balaban J connectivity index is 0.000000359. The summed E-state index contributed by atoms with van der Waals surface area (Å²) in [4.78, 5) is 20.8. The summed E-state index contributed by atoms with van der Waals surface area (Å²) in [6, 6.07) is 20.1. The van der Waals surface area contributed by atoms with Gasteiger partial charge in [-0.3, -0.25) is 4.79 Å². The monoisotopic (exact) mass is 357 g/mol. The summed E-state index contributed by atoms with van der Waals surface area (Å²) in [6.45, 7) is 5.28. The molecule has 0 aliphatic carbocycles. The first kappa shape index (κ1) is 21.2. The Morgan fingerprint density at radius 1 is 0.962 bits per heavy atom. The molecule has 0 aliphatic rings. The molecule has 0 aromatic heterocycles. The molecular weight excluding hydrogens is 330 g/mol. The van der Waals surface area contributed by atoms with Gasteiger partial charge < -0.3 is 15.6 Å². The summed E-state index contributed by atoms with van der Waals surface area (Å²) in [5.41, 5.74) is 6.61. The number of carbonyl (C=O) groups excluding carboxylic acids is 1. The maximum atomic E-state index is 10.8. The Kier molecular flexibility index (Phi) is 8.35. The van der Waals surface area contributed by atoms with Crippen molar-refractivity contribution in [1.82, 2.24) is 0 Å². The average Bonchev–Trinajstić information content (AvgIpc) is 2.55. The highest BCUT2D eigenvalue weighted by Crippen LogP contribution is 2.28. The van der Waals surface area contributed by atoms with Crippen molar-refractivity contribution in [2.24, 2.45) is 5.73 Å². The first-order valence-corrected chi connectivity index (χ1v) is 8.49. The van der Waals surface area contributed by atoms with Crippen LogP contribution in [0.25, 0.3) is 0 Å². The first-order valence-electron chi connectivity index (χ1n) is 8.49. The van der Waals surface area contributed by atoms with Gasteiger partial charge in [0.2, 0.25) is 0 Å². The van der Waals surface area contributed by atoms with Crippen molar-refractivity contribution in [2.75, 3.05) is 0 Å². The Labute approximate surface area is 154 Å². The van der Waals surface area contributed by atoms with E-state index < -0.39 is 17.7 Å². The lowest BCUT2D eigenvalue weighted by molar-refractivity contribution is -0.137. The summed E-state index contributed by atoms with van der Waals surface area (Å²) in [5.74, 6) is -0.588. The number of benzene rings is 2. The topological polar surface area (TPSA) is 89.6 Å². The van der Waals surface area contributed by atoms with Crippen LogP contribution in [0.15, 0.2) is 60.7 Å². The number of carbonyl (C=O) groups is 2. The fraction of sp³-hybridized carbons (Fsp3) is 0.333. The Morgan fingerprint density at radius 2 is 1.38 bits per heavy atom. The summed E-state index contributed by atoms with van der Waals surface area (Å²) in [7, 11) is 0. The van der Waals surface area contributed by atoms with Crippen molar-refractivity contribution in [3.05, 3.63) is 71.8 Å². The lowest BCUT2D eigenvalue weighted by Gasteiger charge is -2.17. The molecule has 0 saturated heterocycles. The second kappa shape index (κ2) is 10.2. The zero-order valence-corrected chi connectivity index (χ0v) is 15.5. The fourth-order valence-electron chi connectivity index (χ4n) is 2.47. The van der Waals surface area contributed by atoms with Crippen LogP contribution in [0.5, 0.6) is 0 Å². The fourth-order valence-corrected chi connectivity index (χ4v) is 2.47. The number of amides is 1. The molecule has 2 rings (SSSR count). The van der Waals surface area contributed by atoms with Crippen LogP contribution in [0.2, 0.25) is 0 Å². The van der Waals surface area contributed by atoms with Crippen molar-refractivity contribution >= 4 is 12.1 Å². The molecular formula is C21H27NO4. The van der Waals surface area contributed by atoms with Gasteiger partial charge in [-0.15, -0.1) is 0 Å². The number of rotatable bonds is 5. The van der Waals surface area contributed by atoms with Crippen LogP contribution in [0.4, 0.5) is 4.79 Å². The Hall–Kier alpha value is -2.82. The largest absolute Gasteiger partial charge is 0.481 e. The predicted molar refractivity (Wildman–Crippen MR) is 102 cm³/mol. The van der Waals surface area contributed by atoms with Crippen molar-refractivity contribution < 1.29 is 19.4 Å². The molecule has 5 heteroatoms. The number of nitrogens with two attached hydrogens (primary N) is 1. The quantitative estimate of drug-likeness (QED) is 0.820. The molecule has 0 bridgehead atoms. The van der Waals surface area contributed by atoms with E-state index in [1.165, 1.54) is 11.1 Å². The molecule has 0 unspecified atom stereocenters. The van der Waals surface area contributed by atoms with Crippen LogP contribution in [-0.4, -0.2) is 22.8 Å². The van der Waals surface area contributed by atoms with Crippen molar-refractivity contribution in [2.45, 2.75) is 45.1 Å². The highest BCUT2D eigenvalue weighted by Gasteiger charge is 2.15. The summed E-state index contributed by atoms with van der Waals surface area (Å²) in [5, 5.41) is 8.86. The molecule has 26 heavy (non-hydrogen) atoms. The molecule has 2 aromatic rings. The highest BCUT2D eigenvalue weighted by molar-refractivity contribution is 5.67. The lowest BCUT2D eigenvalue weighted by Crippen LogP contribution is -2.27. The SMILES string of the molecule is CC(C)(C)OC(N)=O.O=C(O)CCC(c1ccccc1)c1ccccc1. The molecule has 0 aliphatic heterocycles. The maximum absolute atomic E-state index is 10.8. The van der Waals surface area contributed by atoms with Crippen molar-refractivity contribution in [3.63, 3.8) is 0 Å². The van der Waals surface area contributed by atoms with E-state index in [1.807, 2.05) is 36.4 Å². The number of carboxylic acid groups (broad SMARTS) is 1. The molecule has 1 amide bonds. The Bertz CT molecular complexity index is 639. The average molecular weight is 357 g/mol. The van der Waals surface area contributed by atoms with Crippen LogP contribution in [0, 0.1) is 0 Å². The molecule has 0 radical (unpaired) electrons. The number of aliphatic carboxylic acids is 1. The molecule has 0 atom stereocenters. The lowest BCUT2D eigenvalue weighted by atomic mass is 9.87. The van der Waals surface area contributed by atoms with Gasteiger partial charge in [-0.1, -0.05) is 60.7 Å². The minimum Gasteiger partial charge on any atom is -0.481 e. The van der Waals surface area contributed by atoms with Crippen LogP contribution < -0.4 is 5.73 Å². The van der Waals surface area contributed by atoms with E-state index in [9.17, 15) is 9.59 Å². The van der Waals surface area contributed by atoms with Gasteiger partial charge in [-0.2, -0.15) is 0 Å². The highest BCUT2D eigenvalue weighted by atomic mass is 16.6. The minimum absolute atomic E-state index is 0.156. The summed E-state index contributed by atoms with van der Waals surface area (Å²) in [6.07, 6.45) is 0.0927. The third-order valence-electron chi connectivity index (χ3n) is 3.46. The molecule has 2 aromatic carbocycles. The van der Waals surface area contributed by atoms with Gasteiger partial charge in [-0.25, -0.2) is 4.79 Å². The number of primary amides is 1. The van der Waals surface area contributed by atoms with E-state index in [4.69, 9.17) is 10.8 Å². The van der Waals surface area contributed by atoms with E-state index in [2.05, 4.69) is 29.0 Å². The molecule has 0 spiro atoms. The number of hydrogen-bond acceptors (Lipinski definition) is 3. The molecule has 0 fully saturated rings. The van der Waals surface area contributed by atoms with Crippen LogP contribution in [0.3, 0.4) is 0 Å². The second-order valence-corrected chi connectivity index (χ2v) is 6.84. The van der Waals surface area contributed by atoms with Gasteiger partial charge in [0.05, 0.1) is 0 Å². The minimum atomic E-state index is -0.744. The first-order chi connectivity index (χ1) is 12.2. The predicted octanol–water partition coefficient (Wildman–Crippen LogP) is 4.56. The molecule has 5 nitrogen and oxygen atoms in total. The van der Waals surface area contributed by atoms with E-state index in [0.29, 0.717) is 6.42 Å². The van der Waals surface area contributed by atoms with E-state index in [-0.39, 0.29) is 12.3 Å². The molecule has 3 N–H and O–H groups in total. The van der Waals surface area contributed by atoms with Crippen molar-refractivity contribution in [1.29, 1.82) is 0 Å². The maximum Gasteiger partial charge on any atom is 0.405 e. The molecule has 0 saturated carbocycles. The van der Waals surface area contributed by atoms with Crippen LogP contribution >= 0.6 is 0 Å².